The van der Waals surface area contributed by atoms with Crippen molar-refractivity contribution in [1.82, 2.24) is 10.2 Å². The molecule has 1 aromatic rings. The number of ether oxygens (including phenoxy) is 1. The molecule has 1 aliphatic rings. The zero-order valence-corrected chi connectivity index (χ0v) is 14.4. The van der Waals surface area contributed by atoms with Crippen molar-refractivity contribution in [3.05, 3.63) is 34.3 Å². The van der Waals surface area contributed by atoms with Crippen molar-refractivity contribution in [3.8, 4) is 0 Å². The molecule has 1 saturated heterocycles. The molecule has 4 nitrogen and oxygen atoms in total. The molecule has 1 aliphatic heterocycles. The van der Waals surface area contributed by atoms with Gasteiger partial charge in [-0.1, -0.05) is 28.1 Å². The molecule has 2 rings (SSSR count). The number of amides is 1. The highest BCUT2D eigenvalue weighted by Gasteiger charge is 2.29. The van der Waals surface area contributed by atoms with Crippen LogP contribution < -0.4 is 5.32 Å². The van der Waals surface area contributed by atoms with E-state index in [1.165, 1.54) is 5.56 Å². The number of hydrogen-bond donors (Lipinski definition) is 1. The monoisotopic (exact) mass is 354 g/mol. The van der Waals surface area contributed by atoms with Gasteiger partial charge in [-0.3, -0.25) is 0 Å². The Bertz CT molecular complexity index is 482. The summed E-state index contributed by atoms with van der Waals surface area (Å²) in [6, 6.07) is 8.60. The van der Waals surface area contributed by atoms with E-state index in [2.05, 4.69) is 33.4 Å². The van der Waals surface area contributed by atoms with Crippen LogP contribution in [0.2, 0.25) is 0 Å². The number of rotatable bonds is 3. The lowest BCUT2D eigenvalue weighted by Crippen LogP contribution is -2.38. The normalized spacial score (nSPS) is 18.9. The fraction of sp³-hybridized carbons (Fsp3) is 0.562. The summed E-state index contributed by atoms with van der Waals surface area (Å²) in [6.07, 6.45) is 0.755. The van der Waals surface area contributed by atoms with Crippen molar-refractivity contribution >= 4 is 22.0 Å². The summed E-state index contributed by atoms with van der Waals surface area (Å²) in [7, 11) is 0. The Hall–Kier alpha value is -1.07. The third-order valence-corrected chi connectivity index (χ3v) is 3.88. The highest BCUT2D eigenvalue weighted by molar-refractivity contribution is 9.10. The average molecular weight is 355 g/mol. The molecule has 1 N–H and O–H groups in total. The number of halogens is 1. The highest BCUT2D eigenvalue weighted by atomic mass is 79.9. The smallest absolute Gasteiger partial charge is 0.410 e. The Morgan fingerprint density at radius 3 is 2.67 bits per heavy atom. The molecule has 116 valence electrons. The van der Waals surface area contributed by atoms with Gasteiger partial charge in [-0.05, 0) is 44.9 Å². The van der Waals surface area contributed by atoms with Gasteiger partial charge >= 0.3 is 6.09 Å². The van der Waals surface area contributed by atoms with Crippen LogP contribution in [-0.2, 0) is 11.3 Å². The van der Waals surface area contributed by atoms with E-state index in [9.17, 15) is 4.79 Å². The van der Waals surface area contributed by atoms with Crippen LogP contribution in [0.1, 0.15) is 32.8 Å². The lowest BCUT2D eigenvalue weighted by atomic mass is 10.2. The Morgan fingerprint density at radius 2 is 2.05 bits per heavy atom. The van der Waals surface area contributed by atoms with Crippen LogP contribution in [0, 0.1) is 0 Å². The number of benzene rings is 1. The summed E-state index contributed by atoms with van der Waals surface area (Å²) in [5.41, 5.74) is 0.814. The zero-order chi connectivity index (χ0) is 15.5. The van der Waals surface area contributed by atoms with Gasteiger partial charge in [0.2, 0.25) is 0 Å². The fourth-order valence-corrected chi connectivity index (χ4v) is 2.55. The second-order valence-corrected chi connectivity index (χ2v) is 7.33. The number of carbonyl (C=O) groups excluding carboxylic acids is 1. The Kier molecular flexibility index (Phi) is 5.27. The van der Waals surface area contributed by atoms with Gasteiger partial charge in [0.05, 0.1) is 0 Å². The van der Waals surface area contributed by atoms with Gasteiger partial charge in [-0.2, -0.15) is 0 Å². The topological polar surface area (TPSA) is 41.6 Å². The molecule has 1 aromatic carbocycles. The average Bonchev–Trinajstić information content (AvgIpc) is 2.85. The third kappa shape index (κ3) is 5.32. The van der Waals surface area contributed by atoms with Gasteiger partial charge in [0.1, 0.15) is 5.60 Å². The summed E-state index contributed by atoms with van der Waals surface area (Å²) in [5.74, 6) is 0. The molecule has 1 fully saturated rings. The van der Waals surface area contributed by atoms with Gasteiger partial charge in [0.25, 0.3) is 0 Å². The summed E-state index contributed by atoms with van der Waals surface area (Å²) >= 11 is 3.43. The quantitative estimate of drug-likeness (QED) is 0.902. The zero-order valence-electron chi connectivity index (χ0n) is 12.9. The molecule has 1 atom stereocenters. The standard InChI is InChI=1S/C16H23BrN2O2/c1-16(2,3)21-15(20)19-9-8-14(11-19)18-10-12-4-6-13(17)7-5-12/h4-7,14,18H,8-11H2,1-3H3. The van der Waals surface area contributed by atoms with E-state index in [0.29, 0.717) is 12.6 Å². The van der Waals surface area contributed by atoms with E-state index >= 15 is 0 Å². The van der Waals surface area contributed by atoms with Crippen molar-refractivity contribution in [1.29, 1.82) is 0 Å². The van der Waals surface area contributed by atoms with Crippen LogP contribution in [0.25, 0.3) is 0 Å². The molecule has 1 unspecified atom stereocenters. The summed E-state index contributed by atoms with van der Waals surface area (Å²) in [6.45, 7) is 7.97. The van der Waals surface area contributed by atoms with Crippen LogP contribution in [0.3, 0.4) is 0 Å². The first-order valence-corrected chi connectivity index (χ1v) is 8.08. The number of nitrogens with one attached hydrogen (secondary N) is 1. The molecule has 1 heterocycles. The first kappa shape index (κ1) is 16.3. The molecular formula is C16H23BrN2O2. The molecule has 0 aromatic heterocycles. The molecule has 21 heavy (non-hydrogen) atoms. The summed E-state index contributed by atoms with van der Waals surface area (Å²) in [5, 5.41) is 3.50. The highest BCUT2D eigenvalue weighted by Crippen LogP contribution is 2.16. The number of carbonyl (C=O) groups is 1. The summed E-state index contributed by atoms with van der Waals surface area (Å²) in [4.78, 5) is 13.8. The van der Waals surface area contributed by atoms with Gasteiger partial charge < -0.3 is 15.0 Å². The van der Waals surface area contributed by atoms with E-state index in [0.717, 1.165) is 24.0 Å². The van der Waals surface area contributed by atoms with Crippen molar-refractivity contribution < 1.29 is 9.53 Å². The maximum absolute atomic E-state index is 12.0. The number of hydrogen-bond acceptors (Lipinski definition) is 3. The minimum absolute atomic E-state index is 0.213. The second-order valence-electron chi connectivity index (χ2n) is 6.42. The molecular weight excluding hydrogens is 332 g/mol. The van der Waals surface area contributed by atoms with Crippen molar-refractivity contribution in [3.63, 3.8) is 0 Å². The predicted molar refractivity (Wildman–Crippen MR) is 87.2 cm³/mol. The lowest BCUT2D eigenvalue weighted by molar-refractivity contribution is 0.0291. The van der Waals surface area contributed by atoms with Crippen molar-refractivity contribution in [2.45, 2.75) is 45.4 Å². The van der Waals surface area contributed by atoms with Crippen LogP contribution >= 0.6 is 15.9 Å². The Labute approximate surface area is 135 Å². The maximum Gasteiger partial charge on any atom is 0.410 e. The molecule has 5 heteroatoms. The van der Waals surface area contributed by atoms with E-state index < -0.39 is 5.60 Å². The molecule has 0 saturated carbocycles. The third-order valence-electron chi connectivity index (χ3n) is 3.35. The van der Waals surface area contributed by atoms with Crippen LogP contribution in [0.5, 0.6) is 0 Å². The maximum atomic E-state index is 12.0. The van der Waals surface area contributed by atoms with Gasteiger partial charge in [-0.25, -0.2) is 4.79 Å². The van der Waals surface area contributed by atoms with Crippen molar-refractivity contribution in [2.75, 3.05) is 13.1 Å². The van der Waals surface area contributed by atoms with E-state index in [1.54, 1.807) is 4.90 Å². The molecule has 0 aliphatic carbocycles. The van der Waals surface area contributed by atoms with Gasteiger partial charge in [-0.15, -0.1) is 0 Å². The first-order valence-electron chi connectivity index (χ1n) is 7.29. The predicted octanol–water partition coefficient (Wildman–Crippen LogP) is 3.55. The molecule has 0 bridgehead atoms. The Balaban J connectivity index is 1.77. The number of nitrogens with zero attached hydrogens (tertiary/aromatic N) is 1. The second kappa shape index (κ2) is 6.79. The van der Waals surface area contributed by atoms with E-state index in [4.69, 9.17) is 4.74 Å². The minimum atomic E-state index is -0.431. The van der Waals surface area contributed by atoms with Crippen LogP contribution in [-0.4, -0.2) is 35.7 Å². The lowest BCUT2D eigenvalue weighted by Gasteiger charge is -2.24. The SMILES string of the molecule is CC(C)(C)OC(=O)N1CCC(NCc2ccc(Br)cc2)C1. The fourth-order valence-electron chi connectivity index (χ4n) is 2.28. The van der Waals surface area contributed by atoms with Crippen molar-refractivity contribution in [2.24, 2.45) is 0 Å². The molecule has 0 radical (unpaired) electrons. The van der Waals surface area contributed by atoms with Crippen LogP contribution in [0.15, 0.2) is 28.7 Å². The summed E-state index contributed by atoms with van der Waals surface area (Å²) < 4.78 is 6.49. The molecule has 1 amide bonds. The van der Waals surface area contributed by atoms with E-state index in [-0.39, 0.29) is 6.09 Å². The van der Waals surface area contributed by atoms with Crippen LogP contribution in [0.4, 0.5) is 4.79 Å². The largest absolute Gasteiger partial charge is 0.444 e. The van der Waals surface area contributed by atoms with Gasteiger partial charge in [0.15, 0.2) is 0 Å². The Morgan fingerprint density at radius 1 is 1.38 bits per heavy atom. The van der Waals surface area contributed by atoms with Gasteiger partial charge in [0, 0.05) is 30.1 Å². The van der Waals surface area contributed by atoms with E-state index in [1.807, 2.05) is 32.9 Å². The number of likely N-dealkylation sites (tertiary alicyclic amines) is 1. The molecule has 0 spiro atoms. The first-order chi connectivity index (χ1) is 9.83. The minimum Gasteiger partial charge on any atom is -0.444 e.